The molecular weight excluding hydrogens is 392 g/mol. The summed E-state index contributed by atoms with van der Waals surface area (Å²) in [4.78, 5) is 26.6. The summed E-state index contributed by atoms with van der Waals surface area (Å²) in [6.07, 6.45) is 1.93. The van der Waals surface area contributed by atoms with Crippen molar-refractivity contribution >= 4 is 29.9 Å². The zero-order chi connectivity index (χ0) is 20.3. The van der Waals surface area contributed by atoms with Crippen molar-refractivity contribution in [3.8, 4) is 0 Å². The number of carbonyl (C=O) groups excluding carboxylic acids is 2. The fraction of sp³-hybridized carbons (Fsp3) is 0.500. The summed E-state index contributed by atoms with van der Waals surface area (Å²) >= 11 is 0. The molecule has 1 aliphatic heterocycles. The quantitative estimate of drug-likeness (QED) is 0.774. The summed E-state index contributed by atoms with van der Waals surface area (Å²) in [7, 11) is 1.61. The van der Waals surface area contributed by atoms with E-state index in [9.17, 15) is 9.59 Å². The van der Waals surface area contributed by atoms with Gasteiger partial charge in [0.15, 0.2) is 5.69 Å². The van der Waals surface area contributed by atoms with Gasteiger partial charge in [-0.15, -0.1) is 17.5 Å². The number of amides is 2. The fourth-order valence-corrected chi connectivity index (χ4v) is 3.48. The van der Waals surface area contributed by atoms with Crippen LogP contribution in [-0.4, -0.2) is 58.4 Å². The second-order valence-corrected chi connectivity index (χ2v) is 7.41. The van der Waals surface area contributed by atoms with E-state index in [4.69, 9.17) is 0 Å². The molecule has 29 heavy (non-hydrogen) atoms. The molecule has 1 aromatic heterocycles. The molecule has 9 heteroatoms. The number of piperidine rings is 1. The topological polar surface area (TPSA) is 92.2 Å². The third-order valence-electron chi connectivity index (χ3n) is 5.39. The van der Waals surface area contributed by atoms with Crippen LogP contribution in [-0.2, 0) is 4.79 Å². The lowest BCUT2D eigenvalue weighted by Gasteiger charge is -2.23. The second kappa shape index (κ2) is 9.84. The molecule has 0 unspecified atom stereocenters. The van der Waals surface area contributed by atoms with Crippen LogP contribution in [0.3, 0.4) is 0 Å². The lowest BCUT2D eigenvalue weighted by molar-refractivity contribution is -0.116. The van der Waals surface area contributed by atoms with Crippen molar-refractivity contribution < 1.29 is 9.59 Å². The molecule has 0 bridgehead atoms. The standard InChI is InChI=1S/C20H28N6O2.ClH/c1-13-6-5-7-17(14(13)2)22-18(27)12-25(4)20(28)19-15(3)26(24-23-19)16-8-10-21-11-9-16;/h5-7,16,21H,8-12H2,1-4H3,(H,22,27);1H. The Hall–Kier alpha value is -2.45. The highest BCUT2D eigenvalue weighted by atomic mass is 35.5. The maximum atomic E-state index is 12.8. The summed E-state index contributed by atoms with van der Waals surface area (Å²) in [5.74, 6) is -0.540. The highest BCUT2D eigenvalue weighted by Gasteiger charge is 2.25. The minimum atomic E-state index is -0.297. The molecule has 2 heterocycles. The zero-order valence-corrected chi connectivity index (χ0v) is 18.2. The molecule has 3 rings (SSSR count). The van der Waals surface area contributed by atoms with Gasteiger partial charge in [-0.1, -0.05) is 17.3 Å². The number of benzene rings is 1. The maximum absolute atomic E-state index is 12.8. The van der Waals surface area contributed by atoms with Gasteiger partial charge in [-0.25, -0.2) is 4.68 Å². The summed E-state index contributed by atoms with van der Waals surface area (Å²) in [6.45, 7) is 7.64. The first-order chi connectivity index (χ1) is 13.4. The van der Waals surface area contributed by atoms with Crippen LogP contribution in [0.15, 0.2) is 18.2 Å². The summed E-state index contributed by atoms with van der Waals surface area (Å²) in [5.41, 5.74) is 3.94. The van der Waals surface area contributed by atoms with Crippen molar-refractivity contribution in [2.75, 3.05) is 32.0 Å². The molecule has 1 fully saturated rings. The Morgan fingerprint density at radius 3 is 2.62 bits per heavy atom. The first kappa shape index (κ1) is 22.8. The highest BCUT2D eigenvalue weighted by Crippen LogP contribution is 2.21. The van der Waals surface area contributed by atoms with Crippen LogP contribution < -0.4 is 10.6 Å². The number of nitrogens with one attached hydrogen (secondary N) is 2. The van der Waals surface area contributed by atoms with Gasteiger partial charge < -0.3 is 15.5 Å². The van der Waals surface area contributed by atoms with Gasteiger partial charge in [0.05, 0.1) is 18.3 Å². The van der Waals surface area contributed by atoms with E-state index in [1.807, 2.05) is 43.7 Å². The second-order valence-electron chi connectivity index (χ2n) is 7.41. The fourth-order valence-electron chi connectivity index (χ4n) is 3.48. The van der Waals surface area contributed by atoms with Gasteiger partial charge in [0.25, 0.3) is 5.91 Å². The lowest BCUT2D eigenvalue weighted by atomic mass is 10.1. The smallest absolute Gasteiger partial charge is 0.276 e. The molecule has 0 spiro atoms. The molecule has 2 amide bonds. The van der Waals surface area contributed by atoms with Crippen LogP contribution in [0.5, 0.6) is 0 Å². The third-order valence-corrected chi connectivity index (χ3v) is 5.39. The molecule has 0 radical (unpaired) electrons. The van der Waals surface area contributed by atoms with Gasteiger partial charge in [-0.05, 0) is 63.9 Å². The van der Waals surface area contributed by atoms with Crippen LogP contribution >= 0.6 is 12.4 Å². The predicted molar refractivity (Wildman–Crippen MR) is 115 cm³/mol. The number of likely N-dealkylation sites (N-methyl/N-ethyl adjacent to an activating group) is 1. The maximum Gasteiger partial charge on any atom is 0.276 e. The number of rotatable bonds is 5. The van der Waals surface area contributed by atoms with Gasteiger partial charge in [-0.3, -0.25) is 9.59 Å². The van der Waals surface area contributed by atoms with Gasteiger partial charge in [0, 0.05) is 12.7 Å². The van der Waals surface area contributed by atoms with E-state index in [-0.39, 0.29) is 36.8 Å². The zero-order valence-electron chi connectivity index (χ0n) is 17.4. The van der Waals surface area contributed by atoms with Crippen LogP contribution in [0.1, 0.15) is 46.2 Å². The number of nitrogens with zero attached hydrogens (tertiary/aromatic N) is 4. The molecule has 2 N–H and O–H groups in total. The van der Waals surface area contributed by atoms with Gasteiger partial charge in [0.2, 0.25) is 5.91 Å². The molecule has 0 atom stereocenters. The van der Waals surface area contributed by atoms with Crippen molar-refractivity contribution in [2.24, 2.45) is 0 Å². The van der Waals surface area contributed by atoms with E-state index >= 15 is 0 Å². The Balaban J connectivity index is 0.00000300. The molecule has 0 aliphatic carbocycles. The SMILES string of the molecule is Cc1cccc(NC(=O)CN(C)C(=O)c2nnn(C3CCNCC3)c2C)c1C.Cl. The molecule has 1 aromatic carbocycles. The minimum Gasteiger partial charge on any atom is -0.331 e. The first-order valence-corrected chi connectivity index (χ1v) is 9.62. The van der Waals surface area contributed by atoms with Crippen LogP contribution in [0, 0.1) is 20.8 Å². The van der Waals surface area contributed by atoms with Crippen molar-refractivity contribution in [3.63, 3.8) is 0 Å². The summed E-state index contributed by atoms with van der Waals surface area (Å²) in [5, 5.41) is 14.5. The number of hydrogen-bond acceptors (Lipinski definition) is 5. The average Bonchev–Trinajstić information content (AvgIpc) is 3.06. The normalized spacial score (nSPS) is 14.2. The van der Waals surface area contributed by atoms with Gasteiger partial charge in [0.1, 0.15) is 0 Å². The molecule has 2 aromatic rings. The van der Waals surface area contributed by atoms with E-state index < -0.39 is 0 Å². The Kier molecular flexibility index (Phi) is 7.75. The average molecular weight is 421 g/mol. The van der Waals surface area contributed by atoms with E-state index in [1.54, 1.807) is 7.05 Å². The molecule has 8 nitrogen and oxygen atoms in total. The van der Waals surface area contributed by atoms with E-state index in [0.717, 1.165) is 48.4 Å². The molecule has 1 aliphatic rings. The highest BCUT2D eigenvalue weighted by molar-refractivity contribution is 5.99. The van der Waals surface area contributed by atoms with E-state index in [1.165, 1.54) is 4.90 Å². The molecular formula is C20H29ClN6O2. The van der Waals surface area contributed by atoms with Crippen molar-refractivity contribution in [3.05, 3.63) is 40.7 Å². The van der Waals surface area contributed by atoms with E-state index in [0.29, 0.717) is 5.69 Å². The van der Waals surface area contributed by atoms with Gasteiger partial charge in [-0.2, -0.15) is 0 Å². The predicted octanol–water partition coefficient (Wildman–Crippen LogP) is 2.26. The van der Waals surface area contributed by atoms with Crippen LogP contribution in [0.25, 0.3) is 0 Å². The van der Waals surface area contributed by atoms with Crippen molar-refractivity contribution in [2.45, 2.75) is 39.7 Å². The van der Waals surface area contributed by atoms with Crippen LogP contribution in [0.4, 0.5) is 5.69 Å². The Morgan fingerprint density at radius 2 is 1.93 bits per heavy atom. The summed E-state index contributed by atoms with van der Waals surface area (Å²) in [6, 6.07) is 6.01. The number of halogens is 1. The van der Waals surface area contributed by atoms with Gasteiger partial charge >= 0.3 is 0 Å². The minimum absolute atomic E-state index is 0. The number of carbonyl (C=O) groups is 2. The summed E-state index contributed by atoms with van der Waals surface area (Å²) < 4.78 is 1.85. The lowest BCUT2D eigenvalue weighted by Crippen LogP contribution is -2.35. The van der Waals surface area contributed by atoms with Crippen LogP contribution in [0.2, 0.25) is 0 Å². The number of aryl methyl sites for hydroxylation is 1. The van der Waals surface area contributed by atoms with Crippen molar-refractivity contribution in [1.29, 1.82) is 0 Å². The Labute approximate surface area is 177 Å². The Morgan fingerprint density at radius 1 is 1.24 bits per heavy atom. The largest absolute Gasteiger partial charge is 0.331 e. The number of hydrogen-bond donors (Lipinski definition) is 2. The monoisotopic (exact) mass is 420 g/mol. The Bertz CT molecular complexity index is 876. The number of aromatic nitrogens is 3. The molecule has 1 saturated heterocycles. The molecule has 0 saturated carbocycles. The third kappa shape index (κ3) is 5.13. The van der Waals surface area contributed by atoms with E-state index in [2.05, 4.69) is 20.9 Å². The number of anilines is 1. The van der Waals surface area contributed by atoms with Crippen molar-refractivity contribution in [1.82, 2.24) is 25.2 Å². The first-order valence-electron chi connectivity index (χ1n) is 9.62. The molecule has 158 valence electrons.